The van der Waals surface area contributed by atoms with E-state index in [2.05, 4.69) is 37.2 Å². The van der Waals surface area contributed by atoms with Crippen LogP contribution in [0.2, 0.25) is 0 Å². The van der Waals surface area contributed by atoms with Crippen molar-refractivity contribution in [2.75, 3.05) is 5.32 Å². The number of nitro benzene ring substituents is 1. The van der Waals surface area contributed by atoms with Crippen LogP contribution in [0.25, 0.3) is 0 Å². The zero-order chi connectivity index (χ0) is 20.1. The third-order valence-corrected chi connectivity index (χ3v) is 5.11. The van der Waals surface area contributed by atoms with Gasteiger partial charge in [0.15, 0.2) is 0 Å². The maximum Gasteiger partial charge on any atom is 0.269 e. The smallest absolute Gasteiger partial charge is 0.269 e. The lowest BCUT2D eigenvalue weighted by Crippen LogP contribution is -2.01. The van der Waals surface area contributed by atoms with Crippen LogP contribution >= 0.6 is 31.9 Å². The lowest BCUT2D eigenvalue weighted by molar-refractivity contribution is -0.384. The molecule has 0 bridgehead atoms. The topological polar surface area (TPSA) is 64.4 Å². The van der Waals surface area contributed by atoms with Crippen molar-refractivity contribution in [3.8, 4) is 5.75 Å². The van der Waals surface area contributed by atoms with Gasteiger partial charge in [0, 0.05) is 24.4 Å². The first kappa shape index (κ1) is 20.3. The molecule has 0 aliphatic carbocycles. The molecule has 3 rings (SSSR count). The number of nitrogens with one attached hydrogen (secondary N) is 1. The third kappa shape index (κ3) is 5.30. The fourth-order valence-corrected chi connectivity index (χ4v) is 4.00. The molecule has 0 aromatic heterocycles. The van der Waals surface area contributed by atoms with Gasteiger partial charge in [-0.1, -0.05) is 0 Å². The molecule has 0 radical (unpaired) electrons. The Morgan fingerprint density at radius 1 is 0.964 bits per heavy atom. The van der Waals surface area contributed by atoms with Crippen LogP contribution in [0.4, 0.5) is 15.8 Å². The van der Waals surface area contributed by atoms with E-state index >= 15 is 0 Å². The monoisotopic (exact) mass is 508 g/mol. The van der Waals surface area contributed by atoms with Gasteiger partial charge in [0.2, 0.25) is 0 Å². The Bertz CT molecular complexity index is 957. The van der Waals surface area contributed by atoms with Crippen molar-refractivity contribution in [2.24, 2.45) is 0 Å². The van der Waals surface area contributed by atoms with Crippen LogP contribution in [0.5, 0.6) is 5.75 Å². The minimum atomic E-state index is -0.434. The van der Waals surface area contributed by atoms with E-state index in [4.69, 9.17) is 4.74 Å². The molecular formula is C20H15Br2FN2O3. The lowest BCUT2D eigenvalue weighted by atomic mass is 10.2. The first-order valence-electron chi connectivity index (χ1n) is 8.26. The Hall–Kier alpha value is -2.45. The molecular weight excluding hydrogens is 495 g/mol. The molecule has 144 valence electrons. The van der Waals surface area contributed by atoms with Crippen LogP contribution in [-0.2, 0) is 13.2 Å². The highest BCUT2D eigenvalue weighted by Crippen LogP contribution is 2.35. The number of halogens is 3. The molecule has 0 atom stereocenters. The summed E-state index contributed by atoms with van der Waals surface area (Å²) in [5.41, 5.74) is 2.70. The molecule has 0 unspecified atom stereocenters. The first-order chi connectivity index (χ1) is 13.4. The van der Waals surface area contributed by atoms with E-state index in [-0.39, 0.29) is 18.1 Å². The molecule has 3 aromatic rings. The highest BCUT2D eigenvalue weighted by atomic mass is 79.9. The van der Waals surface area contributed by atoms with Gasteiger partial charge in [-0.15, -0.1) is 0 Å². The Balaban J connectivity index is 1.64. The van der Waals surface area contributed by atoms with E-state index in [1.165, 1.54) is 24.3 Å². The van der Waals surface area contributed by atoms with Gasteiger partial charge in [0.1, 0.15) is 18.2 Å². The number of anilines is 1. The maximum absolute atomic E-state index is 13.0. The number of non-ortho nitro benzene ring substituents is 1. The summed E-state index contributed by atoms with van der Waals surface area (Å²) in [5.74, 6) is 0.370. The summed E-state index contributed by atoms with van der Waals surface area (Å²) in [7, 11) is 0. The largest absolute Gasteiger partial charge is 0.487 e. The Morgan fingerprint density at radius 2 is 1.57 bits per heavy atom. The molecule has 0 amide bonds. The van der Waals surface area contributed by atoms with E-state index in [0.717, 1.165) is 25.8 Å². The normalized spacial score (nSPS) is 10.5. The number of nitro groups is 1. The summed E-state index contributed by atoms with van der Waals surface area (Å²) in [4.78, 5) is 10.3. The quantitative estimate of drug-likeness (QED) is 0.293. The average Bonchev–Trinajstić information content (AvgIpc) is 2.67. The molecule has 0 aliphatic rings. The van der Waals surface area contributed by atoms with Gasteiger partial charge in [0.05, 0.1) is 13.9 Å². The van der Waals surface area contributed by atoms with Crippen LogP contribution in [0.1, 0.15) is 11.1 Å². The standard InChI is InChI=1S/C20H15Br2FN2O3/c21-18-9-14(11-24-16-5-3-15(23)4-6-16)10-19(22)20(18)28-12-13-1-7-17(8-2-13)25(26)27/h1-10,24H,11-12H2. The van der Waals surface area contributed by atoms with Crippen LogP contribution < -0.4 is 10.1 Å². The fourth-order valence-electron chi connectivity index (χ4n) is 2.49. The lowest BCUT2D eigenvalue weighted by Gasteiger charge is -2.13. The number of hydrogen-bond donors (Lipinski definition) is 1. The highest BCUT2D eigenvalue weighted by Gasteiger charge is 2.11. The summed E-state index contributed by atoms with van der Waals surface area (Å²) >= 11 is 7.03. The molecule has 0 fully saturated rings. The number of hydrogen-bond acceptors (Lipinski definition) is 4. The minimum Gasteiger partial charge on any atom is -0.487 e. The van der Waals surface area contributed by atoms with Crippen LogP contribution in [0.3, 0.4) is 0 Å². The number of ether oxygens (including phenoxy) is 1. The van der Waals surface area contributed by atoms with Gasteiger partial charge in [-0.3, -0.25) is 10.1 Å². The van der Waals surface area contributed by atoms with Gasteiger partial charge in [-0.25, -0.2) is 4.39 Å². The van der Waals surface area contributed by atoms with E-state index in [0.29, 0.717) is 12.3 Å². The second kappa shape index (κ2) is 9.16. The second-order valence-corrected chi connectivity index (χ2v) is 7.67. The van der Waals surface area contributed by atoms with Gasteiger partial charge >= 0.3 is 0 Å². The van der Waals surface area contributed by atoms with E-state index in [1.807, 2.05) is 12.1 Å². The van der Waals surface area contributed by atoms with Crippen LogP contribution in [0.15, 0.2) is 69.6 Å². The average molecular weight is 510 g/mol. The van der Waals surface area contributed by atoms with Crippen molar-refractivity contribution < 1.29 is 14.1 Å². The van der Waals surface area contributed by atoms with Crippen molar-refractivity contribution in [1.29, 1.82) is 0 Å². The predicted octanol–water partition coefficient (Wildman–Crippen LogP) is 6.45. The molecule has 1 N–H and O–H groups in total. The van der Waals surface area contributed by atoms with E-state index < -0.39 is 4.92 Å². The van der Waals surface area contributed by atoms with Crippen molar-refractivity contribution in [2.45, 2.75) is 13.2 Å². The number of nitrogens with zero attached hydrogens (tertiary/aromatic N) is 1. The summed E-state index contributed by atoms with van der Waals surface area (Å²) in [6, 6.07) is 16.3. The number of benzene rings is 3. The van der Waals surface area contributed by atoms with Gasteiger partial charge in [-0.2, -0.15) is 0 Å². The van der Waals surface area contributed by atoms with E-state index in [9.17, 15) is 14.5 Å². The third-order valence-electron chi connectivity index (χ3n) is 3.93. The Kier molecular flexibility index (Phi) is 6.64. The first-order valence-corrected chi connectivity index (χ1v) is 9.84. The predicted molar refractivity (Wildman–Crippen MR) is 113 cm³/mol. The molecule has 0 aliphatic heterocycles. The van der Waals surface area contributed by atoms with Crippen molar-refractivity contribution >= 4 is 43.2 Å². The summed E-state index contributed by atoms with van der Waals surface area (Å²) in [6.07, 6.45) is 0. The molecule has 0 heterocycles. The molecule has 0 saturated carbocycles. The second-order valence-electron chi connectivity index (χ2n) is 5.96. The minimum absolute atomic E-state index is 0.0455. The van der Waals surface area contributed by atoms with Gasteiger partial charge < -0.3 is 10.1 Å². The highest BCUT2D eigenvalue weighted by molar-refractivity contribution is 9.11. The zero-order valence-corrected chi connectivity index (χ0v) is 17.7. The Labute approximate surface area is 177 Å². The molecule has 5 nitrogen and oxygen atoms in total. The summed E-state index contributed by atoms with van der Waals surface area (Å²) < 4.78 is 20.4. The molecule has 0 saturated heterocycles. The Morgan fingerprint density at radius 3 is 2.14 bits per heavy atom. The molecule has 0 spiro atoms. The SMILES string of the molecule is O=[N+]([O-])c1ccc(COc2c(Br)cc(CNc3ccc(F)cc3)cc2Br)cc1. The van der Waals surface area contributed by atoms with Crippen LogP contribution in [0, 0.1) is 15.9 Å². The van der Waals surface area contributed by atoms with Crippen molar-refractivity contribution in [1.82, 2.24) is 0 Å². The maximum atomic E-state index is 13.0. The van der Waals surface area contributed by atoms with Gasteiger partial charge in [0.25, 0.3) is 5.69 Å². The van der Waals surface area contributed by atoms with Crippen LogP contribution in [-0.4, -0.2) is 4.92 Å². The van der Waals surface area contributed by atoms with Gasteiger partial charge in [-0.05, 0) is 91.5 Å². The fraction of sp³-hybridized carbons (Fsp3) is 0.100. The van der Waals surface area contributed by atoms with Crippen molar-refractivity contribution in [3.63, 3.8) is 0 Å². The molecule has 8 heteroatoms. The zero-order valence-electron chi connectivity index (χ0n) is 14.5. The molecule has 28 heavy (non-hydrogen) atoms. The number of rotatable bonds is 7. The molecule has 3 aromatic carbocycles. The van der Waals surface area contributed by atoms with E-state index in [1.54, 1.807) is 24.3 Å². The summed E-state index contributed by atoms with van der Waals surface area (Å²) in [6.45, 7) is 0.841. The van der Waals surface area contributed by atoms with Crippen molar-refractivity contribution in [3.05, 3.63) is 96.7 Å². The summed E-state index contributed by atoms with van der Waals surface area (Å²) in [5, 5.41) is 13.9.